The molecule has 1 aromatic heterocycles. The normalized spacial score (nSPS) is 16.8. The van der Waals surface area contributed by atoms with E-state index in [4.69, 9.17) is 11.6 Å². The van der Waals surface area contributed by atoms with Gasteiger partial charge in [0.1, 0.15) is 6.07 Å². The molecule has 0 aliphatic carbocycles. The summed E-state index contributed by atoms with van der Waals surface area (Å²) in [5, 5.41) is 11.6. The molecule has 166 valence electrons. The molecule has 4 rings (SSSR count). The van der Waals surface area contributed by atoms with Crippen molar-refractivity contribution >= 4 is 28.6 Å². The van der Waals surface area contributed by atoms with Crippen LogP contribution in [0.1, 0.15) is 28.0 Å². The number of hydrogen-bond donors (Lipinski definition) is 0. The molecule has 1 unspecified atom stereocenters. The molecule has 1 atom stereocenters. The third-order valence-corrected chi connectivity index (χ3v) is 6.83. The molecular formula is C24H21ClF3N3S. The lowest BCUT2D eigenvalue weighted by atomic mass is 10.1. The van der Waals surface area contributed by atoms with E-state index in [1.807, 2.05) is 12.1 Å². The predicted molar refractivity (Wildman–Crippen MR) is 122 cm³/mol. The zero-order valence-corrected chi connectivity index (χ0v) is 18.7. The van der Waals surface area contributed by atoms with Crippen LogP contribution >= 0.6 is 22.9 Å². The quantitative estimate of drug-likeness (QED) is 0.403. The van der Waals surface area contributed by atoms with Gasteiger partial charge in [-0.1, -0.05) is 29.8 Å². The summed E-state index contributed by atoms with van der Waals surface area (Å²) in [6.45, 7) is 2.89. The van der Waals surface area contributed by atoms with Gasteiger partial charge in [-0.3, -0.25) is 4.90 Å². The van der Waals surface area contributed by atoms with Gasteiger partial charge < -0.3 is 4.90 Å². The van der Waals surface area contributed by atoms with Gasteiger partial charge in [0.05, 0.1) is 16.1 Å². The Morgan fingerprint density at radius 2 is 2.00 bits per heavy atom. The molecule has 0 spiro atoms. The predicted octanol–water partition coefficient (Wildman–Crippen LogP) is 6.57. The van der Waals surface area contributed by atoms with Crippen LogP contribution in [0.4, 0.5) is 18.9 Å². The van der Waals surface area contributed by atoms with E-state index in [1.54, 1.807) is 29.5 Å². The summed E-state index contributed by atoms with van der Waals surface area (Å²) < 4.78 is 39.7. The average Bonchev–Trinajstić information content (AvgIpc) is 3.44. The van der Waals surface area contributed by atoms with Crippen LogP contribution in [0.15, 0.2) is 60.0 Å². The van der Waals surface area contributed by atoms with Crippen LogP contribution in [0.2, 0.25) is 5.02 Å². The van der Waals surface area contributed by atoms with Crippen molar-refractivity contribution in [3.05, 3.63) is 86.6 Å². The van der Waals surface area contributed by atoms with Crippen molar-refractivity contribution in [2.24, 2.45) is 0 Å². The van der Waals surface area contributed by atoms with Crippen molar-refractivity contribution in [3.63, 3.8) is 0 Å². The minimum absolute atomic E-state index is 0.119. The highest BCUT2D eigenvalue weighted by Crippen LogP contribution is 2.32. The first-order valence-electron chi connectivity index (χ1n) is 10.2. The molecule has 1 aliphatic heterocycles. The van der Waals surface area contributed by atoms with Crippen molar-refractivity contribution in [1.29, 1.82) is 5.26 Å². The van der Waals surface area contributed by atoms with E-state index in [9.17, 15) is 18.4 Å². The summed E-state index contributed by atoms with van der Waals surface area (Å²) >= 11 is 8.00. The smallest absolute Gasteiger partial charge is 0.363 e. The minimum Gasteiger partial charge on any atom is -0.363 e. The Morgan fingerprint density at radius 3 is 2.69 bits per heavy atom. The zero-order valence-electron chi connectivity index (χ0n) is 17.1. The first kappa shape index (κ1) is 22.7. The highest BCUT2D eigenvalue weighted by atomic mass is 35.5. The number of hydrogen-bond acceptors (Lipinski definition) is 4. The largest absolute Gasteiger partial charge is 0.416 e. The van der Waals surface area contributed by atoms with Crippen LogP contribution in [-0.4, -0.2) is 24.0 Å². The molecule has 3 nitrogen and oxygen atoms in total. The number of benzene rings is 2. The van der Waals surface area contributed by atoms with Gasteiger partial charge in [0.15, 0.2) is 0 Å². The average molecular weight is 476 g/mol. The summed E-state index contributed by atoms with van der Waals surface area (Å²) in [6.07, 6.45) is -3.49. The van der Waals surface area contributed by atoms with E-state index < -0.39 is 11.7 Å². The zero-order chi connectivity index (χ0) is 22.7. The second kappa shape index (κ2) is 9.53. The van der Waals surface area contributed by atoms with Crippen LogP contribution in [0.3, 0.4) is 0 Å². The number of likely N-dealkylation sites (tertiary alicyclic amines) is 1. The minimum atomic E-state index is -4.39. The van der Waals surface area contributed by atoms with E-state index >= 15 is 0 Å². The number of halogens is 4. The molecule has 1 saturated heterocycles. The van der Waals surface area contributed by atoms with E-state index in [0.717, 1.165) is 37.8 Å². The maximum atomic E-state index is 13.2. The molecule has 0 bridgehead atoms. The molecule has 2 heterocycles. The SMILES string of the molecule is N#Cc1ccc(N(Cc2cccc(C(F)(F)F)c2)C2CCN(Cc3cccs3)C2)cc1Cl. The van der Waals surface area contributed by atoms with Crippen LogP contribution in [-0.2, 0) is 19.3 Å². The third-order valence-electron chi connectivity index (χ3n) is 5.66. The topological polar surface area (TPSA) is 30.3 Å². The van der Waals surface area contributed by atoms with Crippen LogP contribution < -0.4 is 4.90 Å². The summed E-state index contributed by atoms with van der Waals surface area (Å²) in [5.74, 6) is 0. The van der Waals surface area contributed by atoms with Crippen molar-refractivity contribution in [2.75, 3.05) is 18.0 Å². The first-order chi connectivity index (χ1) is 15.3. The highest BCUT2D eigenvalue weighted by molar-refractivity contribution is 7.09. The summed E-state index contributed by atoms with van der Waals surface area (Å²) in [5.41, 5.74) is 1.10. The van der Waals surface area contributed by atoms with E-state index in [-0.39, 0.29) is 6.04 Å². The fourth-order valence-corrected chi connectivity index (χ4v) is 5.04. The Hall–Kier alpha value is -2.53. The Balaban J connectivity index is 1.60. The molecule has 1 fully saturated rings. The van der Waals surface area contributed by atoms with Gasteiger partial charge >= 0.3 is 6.18 Å². The Bertz CT molecular complexity index is 1110. The maximum absolute atomic E-state index is 13.2. The molecular weight excluding hydrogens is 455 g/mol. The van der Waals surface area contributed by atoms with E-state index in [0.29, 0.717) is 22.7 Å². The van der Waals surface area contributed by atoms with Gasteiger partial charge in [-0.15, -0.1) is 11.3 Å². The van der Waals surface area contributed by atoms with Crippen LogP contribution in [0.25, 0.3) is 0 Å². The molecule has 8 heteroatoms. The fraction of sp³-hybridized carbons (Fsp3) is 0.292. The fourth-order valence-electron chi connectivity index (χ4n) is 4.08. The highest BCUT2D eigenvalue weighted by Gasteiger charge is 2.32. The molecule has 0 saturated carbocycles. The molecule has 0 amide bonds. The maximum Gasteiger partial charge on any atom is 0.416 e. The molecule has 0 N–H and O–H groups in total. The van der Waals surface area contributed by atoms with Gasteiger partial charge in [-0.25, -0.2) is 0 Å². The Labute approximate surface area is 194 Å². The first-order valence-corrected chi connectivity index (χ1v) is 11.5. The van der Waals surface area contributed by atoms with Crippen molar-refractivity contribution in [1.82, 2.24) is 4.90 Å². The lowest BCUT2D eigenvalue weighted by molar-refractivity contribution is -0.137. The van der Waals surface area contributed by atoms with E-state index in [1.165, 1.54) is 17.0 Å². The molecule has 2 aromatic carbocycles. The summed E-state index contributed by atoms with van der Waals surface area (Å²) in [4.78, 5) is 5.76. The standard InChI is InChI=1S/C24H21ClF3N3S/c25-23-12-20(7-6-18(23)13-29)31(14-17-3-1-4-19(11-17)24(26,27)28)21-8-9-30(15-21)16-22-5-2-10-32-22/h1-7,10-12,21H,8-9,14-16H2. The summed E-state index contributed by atoms with van der Waals surface area (Å²) in [6, 6.07) is 17.0. The van der Waals surface area contributed by atoms with Crippen molar-refractivity contribution in [2.45, 2.75) is 31.7 Å². The number of rotatable bonds is 6. The van der Waals surface area contributed by atoms with E-state index in [2.05, 4.69) is 27.3 Å². The number of nitriles is 1. The number of nitrogens with zero attached hydrogens (tertiary/aromatic N) is 3. The van der Waals surface area contributed by atoms with Gasteiger partial charge in [0, 0.05) is 42.8 Å². The Morgan fingerprint density at radius 1 is 1.16 bits per heavy atom. The molecule has 3 aromatic rings. The molecule has 32 heavy (non-hydrogen) atoms. The second-order valence-corrected chi connectivity index (χ2v) is 9.30. The Kier molecular flexibility index (Phi) is 6.75. The monoisotopic (exact) mass is 475 g/mol. The van der Waals surface area contributed by atoms with Crippen molar-refractivity contribution < 1.29 is 13.2 Å². The van der Waals surface area contributed by atoms with Crippen molar-refractivity contribution in [3.8, 4) is 6.07 Å². The summed E-state index contributed by atoms with van der Waals surface area (Å²) in [7, 11) is 0. The number of anilines is 1. The van der Waals surface area contributed by atoms with Gasteiger partial charge in [-0.2, -0.15) is 18.4 Å². The molecule has 1 aliphatic rings. The second-order valence-electron chi connectivity index (χ2n) is 7.86. The lowest BCUT2D eigenvalue weighted by Crippen LogP contribution is -2.37. The van der Waals surface area contributed by atoms with Gasteiger partial charge in [0.25, 0.3) is 0 Å². The number of alkyl halides is 3. The van der Waals surface area contributed by atoms with Gasteiger partial charge in [-0.05, 0) is 53.8 Å². The third kappa shape index (κ3) is 5.26. The van der Waals surface area contributed by atoms with Crippen LogP contribution in [0, 0.1) is 11.3 Å². The van der Waals surface area contributed by atoms with Gasteiger partial charge in [0.2, 0.25) is 0 Å². The molecule has 0 radical (unpaired) electrons. The lowest BCUT2D eigenvalue weighted by Gasteiger charge is -2.32. The number of thiophene rings is 1. The van der Waals surface area contributed by atoms with Crippen LogP contribution in [0.5, 0.6) is 0 Å².